The highest BCUT2D eigenvalue weighted by atomic mass is 14.9. The van der Waals surface area contributed by atoms with Gasteiger partial charge in [-0.05, 0) is 48.8 Å². The Kier molecular flexibility index (Phi) is 3.69. The molecule has 0 spiro atoms. The molecule has 3 rings (SSSR count). The third-order valence-corrected chi connectivity index (χ3v) is 4.93. The van der Waals surface area contributed by atoms with Gasteiger partial charge in [-0.3, -0.25) is 0 Å². The Morgan fingerprint density at radius 3 is 2.33 bits per heavy atom. The molecule has 0 saturated heterocycles. The number of hydrogen-bond donors (Lipinski definition) is 1. The molecule has 98 valence electrons. The van der Waals surface area contributed by atoms with Crippen molar-refractivity contribution in [3.63, 3.8) is 0 Å². The van der Waals surface area contributed by atoms with Gasteiger partial charge in [0.25, 0.3) is 0 Å². The molecule has 1 aromatic carbocycles. The van der Waals surface area contributed by atoms with Gasteiger partial charge in [-0.1, -0.05) is 50.5 Å². The molecular weight excluding hydrogens is 218 g/mol. The molecule has 0 radical (unpaired) electrons. The van der Waals surface area contributed by atoms with Crippen LogP contribution in [-0.2, 0) is 12.8 Å². The standard InChI is InChI=1S/C17H25N/c1-2-18-17(10-13-6-5-7-13)16-11-14-8-3-4-9-15(14)12-16/h3-4,8-9,13,16-18H,2,5-7,10-12H2,1H3. The van der Waals surface area contributed by atoms with E-state index < -0.39 is 0 Å². The first kappa shape index (κ1) is 12.2. The van der Waals surface area contributed by atoms with Crippen LogP contribution in [0.25, 0.3) is 0 Å². The highest BCUT2D eigenvalue weighted by Crippen LogP contribution is 2.35. The number of hydrogen-bond acceptors (Lipinski definition) is 1. The van der Waals surface area contributed by atoms with Crippen LogP contribution in [0.3, 0.4) is 0 Å². The fraction of sp³-hybridized carbons (Fsp3) is 0.647. The van der Waals surface area contributed by atoms with Crippen LogP contribution in [-0.4, -0.2) is 12.6 Å². The van der Waals surface area contributed by atoms with E-state index in [1.807, 2.05) is 0 Å². The Morgan fingerprint density at radius 1 is 1.17 bits per heavy atom. The molecule has 2 aliphatic rings. The molecule has 1 N–H and O–H groups in total. The second-order valence-electron chi connectivity index (χ2n) is 6.13. The van der Waals surface area contributed by atoms with Crippen molar-refractivity contribution >= 4 is 0 Å². The Bertz CT molecular complexity index is 369. The Balaban J connectivity index is 1.65. The zero-order valence-electron chi connectivity index (χ0n) is 11.5. The van der Waals surface area contributed by atoms with Gasteiger partial charge in [0.15, 0.2) is 0 Å². The summed E-state index contributed by atoms with van der Waals surface area (Å²) >= 11 is 0. The largest absolute Gasteiger partial charge is 0.314 e. The highest BCUT2D eigenvalue weighted by Gasteiger charge is 2.31. The van der Waals surface area contributed by atoms with Gasteiger partial charge >= 0.3 is 0 Å². The SMILES string of the molecule is CCNC(CC1CCC1)C1Cc2ccccc2C1. The summed E-state index contributed by atoms with van der Waals surface area (Å²) in [6.07, 6.45) is 8.41. The van der Waals surface area contributed by atoms with E-state index in [1.54, 1.807) is 11.1 Å². The van der Waals surface area contributed by atoms with Crippen molar-refractivity contribution in [3.05, 3.63) is 35.4 Å². The lowest BCUT2D eigenvalue weighted by molar-refractivity contribution is 0.226. The second-order valence-corrected chi connectivity index (χ2v) is 6.13. The molecule has 1 nitrogen and oxygen atoms in total. The van der Waals surface area contributed by atoms with Crippen molar-refractivity contribution in [2.45, 2.75) is 51.5 Å². The van der Waals surface area contributed by atoms with Crippen LogP contribution in [0.1, 0.15) is 43.7 Å². The van der Waals surface area contributed by atoms with Crippen LogP contribution in [0.2, 0.25) is 0 Å². The fourth-order valence-corrected chi connectivity index (χ4v) is 3.67. The Labute approximate surface area is 111 Å². The predicted octanol–water partition coefficient (Wildman–Crippen LogP) is 3.57. The van der Waals surface area contributed by atoms with E-state index in [-0.39, 0.29) is 0 Å². The fourth-order valence-electron chi connectivity index (χ4n) is 3.67. The summed E-state index contributed by atoms with van der Waals surface area (Å²) in [5, 5.41) is 3.76. The first-order chi connectivity index (χ1) is 8.86. The van der Waals surface area contributed by atoms with Crippen molar-refractivity contribution in [2.24, 2.45) is 11.8 Å². The van der Waals surface area contributed by atoms with Crippen LogP contribution in [0.15, 0.2) is 24.3 Å². The van der Waals surface area contributed by atoms with E-state index in [4.69, 9.17) is 0 Å². The number of rotatable bonds is 5. The normalized spacial score (nSPS) is 21.6. The minimum atomic E-state index is 0.743. The lowest BCUT2D eigenvalue weighted by atomic mass is 9.77. The predicted molar refractivity (Wildman–Crippen MR) is 76.8 cm³/mol. The van der Waals surface area contributed by atoms with Gasteiger partial charge in [0, 0.05) is 6.04 Å². The Hall–Kier alpha value is -0.820. The van der Waals surface area contributed by atoms with E-state index in [2.05, 4.69) is 36.5 Å². The summed E-state index contributed by atoms with van der Waals surface area (Å²) in [6, 6.07) is 9.77. The second kappa shape index (κ2) is 5.44. The molecule has 0 heterocycles. The van der Waals surface area contributed by atoms with Crippen molar-refractivity contribution in [2.75, 3.05) is 6.54 Å². The first-order valence-electron chi connectivity index (χ1n) is 7.67. The van der Waals surface area contributed by atoms with E-state index in [0.717, 1.165) is 24.4 Å². The molecule has 1 saturated carbocycles. The van der Waals surface area contributed by atoms with E-state index in [9.17, 15) is 0 Å². The third-order valence-electron chi connectivity index (χ3n) is 4.93. The first-order valence-corrected chi connectivity index (χ1v) is 7.67. The van der Waals surface area contributed by atoms with Crippen LogP contribution < -0.4 is 5.32 Å². The van der Waals surface area contributed by atoms with Crippen LogP contribution in [0, 0.1) is 11.8 Å². The molecule has 0 bridgehead atoms. The van der Waals surface area contributed by atoms with Gasteiger partial charge in [-0.25, -0.2) is 0 Å². The maximum atomic E-state index is 3.76. The van der Waals surface area contributed by atoms with Gasteiger partial charge in [-0.2, -0.15) is 0 Å². The molecule has 1 fully saturated rings. The summed E-state index contributed by atoms with van der Waals surface area (Å²) in [4.78, 5) is 0. The molecule has 0 aliphatic heterocycles. The van der Waals surface area contributed by atoms with Crippen molar-refractivity contribution in [1.82, 2.24) is 5.32 Å². The lowest BCUT2D eigenvalue weighted by Crippen LogP contribution is -2.39. The van der Waals surface area contributed by atoms with Gasteiger partial charge < -0.3 is 5.32 Å². The molecule has 0 amide bonds. The van der Waals surface area contributed by atoms with Crippen LogP contribution >= 0.6 is 0 Å². The van der Waals surface area contributed by atoms with Gasteiger partial charge in [0.1, 0.15) is 0 Å². The third kappa shape index (κ3) is 2.47. The van der Waals surface area contributed by atoms with Crippen LogP contribution in [0.5, 0.6) is 0 Å². The summed E-state index contributed by atoms with van der Waals surface area (Å²) < 4.78 is 0. The number of benzene rings is 1. The quantitative estimate of drug-likeness (QED) is 0.833. The molecule has 1 atom stereocenters. The maximum absolute atomic E-state index is 3.76. The van der Waals surface area contributed by atoms with Crippen molar-refractivity contribution in [3.8, 4) is 0 Å². The van der Waals surface area contributed by atoms with Crippen LogP contribution in [0.4, 0.5) is 0 Å². The number of fused-ring (bicyclic) bond motifs is 1. The van der Waals surface area contributed by atoms with Crippen molar-refractivity contribution in [1.29, 1.82) is 0 Å². The lowest BCUT2D eigenvalue weighted by Gasteiger charge is -2.33. The Morgan fingerprint density at radius 2 is 1.83 bits per heavy atom. The monoisotopic (exact) mass is 243 g/mol. The molecule has 1 aromatic rings. The minimum Gasteiger partial charge on any atom is -0.314 e. The molecule has 18 heavy (non-hydrogen) atoms. The van der Waals surface area contributed by atoms with E-state index in [1.165, 1.54) is 38.5 Å². The maximum Gasteiger partial charge on any atom is 0.0104 e. The summed E-state index contributed by atoms with van der Waals surface area (Å²) in [7, 11) is 0. The van der Waals surface area contributed by atoms with Gasteiger partial charge in [-0.15, -0.1) is 0 Å². The highest BCUT2D eigenvalue weighted by molar-refractivity contribution is 5.32. The zero-order chi connectivity index (χ0) is 12.4. The van der Waals surface area contributed by atoms with E-state index in [0.29, 0.717) is 0 Å². The van der Waals surface area contributed by atoms with E-state index >= 15 is 0 Å². The van der Waals surface area contributed by atoms with Gasteiger partial charge in [0.2, 0.25) is 0 Å². The molecule has 1 heteroatoms. The molecular formula is C17H25N. The topological polar surface area (TPSA) is 12.0 Å². The zero-order valence-corrected chi connectivity index (χ0v) is 11.5. The minimum absolute atomic E-state index is 0.743. The molecule has 0 aromatic heterocycles. The average molecular weight is 243 g/mol. The molecule has 1 unspecified atom stereocenters. The average Bonchev–Trinajstić information content (AvgIpc) is 2.75. The smallest absolute Gasteiger partial charge is 0.0104 e. The summed E-state index contributed by atoms with van der Waals surface area (Å²) in [5.41, 5.74) is 3.19. The van der Waals surface area contributed by atoms with Crippen molar-refractivity contribution < 1.29 is 0 Å². The van der Waals surface area contributed by atoms with Gasteiger partial charge in [0.05, 0.1) is 0 Å². The summed E-state index contributed by atoms with van der Waals surface area (Å²) in [5.74, 6) is 1.85. The summed E-state index contributed by atoms with van der Waals surface area (Å²) in [6.45, 7) is 3.36. The number of nitrogens with one attached hydrogen (secondary N) is 1. The molecule has 2 aliphatic carbocycles.